The van der Waals surface area contributed by atoms with Crippen LogP contribution in [0.15, 0.2) is 48.8 Å². The lowest BCUT2D eigenvalue weighted by Gasteiger charge is -2.18. The first-order valence-corrected chi connectivity index (χ1v) is 9.17. The van der Waals surface area contributed by atoms with Crippen LogP contribution in [0.2, 0.25) is 0 Å². The molecular weight excluding hydrogens is 332 g/mol. The maximum absolute atomic E-state index is 10.4. The summed E-state index contributed by atoms with van der Waals surface area (Å²) in [4.78, 5) is 9.22. The zero-order valence-corrected chi connectivity index (χ0v) is 14.9. The first-order valence-electron chi connectivity index (χ1n) is 8.36. The summed E-state index contributed by atoms with van der Waals surface area (Å²) in [6.45, 7) is 5.21. The molecule has 1 N–H and O–H groups in total. The van der Waals surface area contributed by atoms with Crippen molar-refractivity contribution in [1.82, 2.24) is 9.88 Å². The second-order valence-electron chi connectivity index (χ2n) is 6.30. The molecule has 0 radical (unpaired) electrons. The lowest BCUT2D eigenvalue weighted by molar-refractivity contribution is 0.218. The number of aromatic nitrogens is 1. The average molecular weight is 352 g/mol. The molecule has 5 heteroatoms. The van der Waals surface area contributed by atoms with Crippen LogP contribution in [0.1, 0.15) is 15.3 Å². The lowest BCUT2D eigenvalue weighted by atomic mass is 10.0. The highest BCUT2D eigenvalue weighted by atomic mass is 32.1. The van der Waals surface area contributed by atoms with E-state index in [0.29, 0.717) is 12.4 Å². The molecule has 4 nitrogen and oxygen atoms in total. The van der Waals surface area contributed by atoms with Crippen LogP contribution >= 0.6 is 11.3 Å². The fourth-order valence-corrected chi connectivity index (χ4v) is 4.11. The van der Waals surface area contributed by atoms with Crippen LogP contribution in [0.5, 0.6) is 11.5 Å². The van der Waals surface area contributed by atoms with E-state index in [-0.39, 0.29) is 5.75 Å². The van der Waals surface area contributed by atoms with Crippen molar-refractivity contribution in [2.45, 2.75) is 20.0 Å². The Labute approximate surface area is 151 Å². The smallest absolute Gasteiger partial charge is 0.165 e. The lowest BCUT2D eigenvalue weighted by Crippen LogP contribution is -2.24. The Morgan fingerprint density at radius 1 is 1.24 bits per heavy atom. The Balaban J connectivity index is 1.64. The van der Waals surface area contributed by atoms with Crippen LogP contribution in [-0.2, 0) is 13.1 Å². The number of hydrogen-bond donors (Lipinski definition) is 1. The number of aromatic hydroxyl groups is 1. The summed E-state index contributed by atoms with van der Waals surface area (Å²) < 4.78 is 5.84. The number of benzene rings is 1. The Bertz CT molecular complexity index is 877. The monoisotopic (exact) mass is 352 g/mol. The second-order valence-corrected chi connectivity index (χ2v) is 7.67. The molecule has 1 aromatic carbocycles. The highest BCUT2D eigenvalue weighted by molar-refractivity contribution is 7.11. The van der Waals surface area contributed by atoms with Gasteiger partial charge in [0.05, 0.1) is 0 Å². The quantitative estimate of drug-likeness (QED) is 0.767. The largest absolute Gasteiger partial charge is 0.504 e. The normalized spacial score (nSPS) is 14.6. The Morgan fingerprint density at radius 3 is 2.92 bits per heavy atom. The van der Waals surface area contributed by atoms with Gasteiger partial charge < -0.3 is 9.84 Å². The van der Waals surface area contributed by atoms with E-state index in [0.717, 1.165) is 36.3 Å². The number of aryl methyl sites for hydroxylation is 1. The van der Waals surface area contributed by atoms with E-state index >= 15 is 0 Å². The molecule has 1 aliphatic rings. The molecule has 2 aromatic heterocycles. The van der Waals surface area contributed by atoms with Gasteiger partial charge in [-0.1, -0.05) is 6.07 Å². The van der Waals surface area contributed by atoms with Crippen molar-refractivity contribution >= 4 is 11.3 Å². The van der Waals surface area contributed by atoms with Crippen molar-refractivity contribution < 1.29 is 9.84 Å². The fourth-order valence-electron chi connectivity index (χ4n) is 3.18. The minimum atomic E-state index is 0.199. The molecule has 0 fully saturated rings. The standard InChI is InChI=1S/C20H20N2O2S/c1-14-4-5-18(25-14)13-22-7-8-24-20-17(12-22)9-16(10-19(20)23)15-3-2-6-21-11-15/h2-6,9-11,23H,7-8,12-13H2,1H3. The molecule has 25 heavy (non-hydrogen) atoms. The van der Waals surface area contributed by atoms with Crippen LogP contribution in [0.4, 0.5) is 0 Å². The van der Waals surface area contributed by atoms with Gasteiger partial charge in [-0.3, -0.25) is 9.88 Å². The number of fused-ring (bicyclic) bond motifs is 1. The number of ether oxygens (including phenoxy) is 1. The summed E-state index contributed by atoms with van der Waals surface area (Å²) in [5.41, 5.74) is 2.97. The van der Waals surface area contributed by atoms with Crippen molar-refractivity contribution in [1.29, 1.82) is 0 Å². The Kier molecular flexibility index (Phi) is 4.42. The van der Waals surface area contributed by atoms with Gasteiger partial charge in [-0.05, 0) is 42.8 Å². The van der Waals surface area contributed by atoms with Gasteiger partial charge in [0, 0.05) is 52.9 Å². The minimum Gasteiger partial charge on any atom is -0.504 e. The van der Waals surface area contributed by atoms with Crippen LogP contribution in [-0.4, -0.2) is 28.1 Å². The molecule has 0 aliphatic carbocycles. The van der Waals surface area contributed by atoms with E-state index in [9.17, 15) is 5.11 Å². The first-order chi connectivity index (χ1) is 12.2. The predicted molar refractivity (Wildman–Crippen MR) is 100 cm³/mol. The van der Waals surface area contributed by atoms with Crippen molar-refractivity contribution in [3.63, 3.8) is 0 Å². The van der Waals surface area contributed by atoms with E-state index in [2.05, 4.69) is 35.0 Å². The number of phenols is 1. The second kappa shape index (κ2) is 6.86. The van der Waals surface area contributed by atoms with Crippen molar-refractivity contribution in [3.05, 3.63) is 64.1 Å². The molecule has 4 rings (SSSR count). The number of hydrogen-bond acceptors (Lipinski definition) is 5. The molecule has 0 amide bonds. The first kappa shape index (κ1) is 16.1. The summed E-state index contributed by atoms with van der Waals surface area (Å²) in [5, 5.41) is 10.4. The zero-order chi connectivity index (χ0) is 17.2. The molecule has 128 valence electrons. The van der Waals surface area contributed by atoms with Crippen molar-refractivity contribution in [3.8, 4) is 22.6 Å². The van der Waals surface area contributed by atoms with Crippen molar-refractivity contribution in [2.24, 2.45) is 0 Å². The molecule has 3 aromatic rings. The van der Waals surface area contributed by atoms with Gasteiger partial charge in [-0.25, -0.2) is 0 Å². The summed E-state index contributed by atoms with van der Waals surface area (Å²) in [6.07, 6.45) is 3.56. The topological polar surface area (TPSA) is 45.6 Å². The van der Waals surface area contributed by atoms with E-state index < -0.39 is 0 Å². The fraction of sp³-hybridized carbons (Fsp3) is 0.250. The van der Waals surface area contributed by atoms with Crippen LogP contribution in [0.3, 0.4) is 0 Å². The van der Waals surface area contributed by atoms with Crippen LogP contribution < -0.4 is 4.74 Å². The van der Waals surface area contributed by atoms with E-state index in [1.165, 1.54) is 9.75 Å². The molecule has 0 saturated heterocycles. The molecule has 1 aliphatic heterocycles. The van der Waals surface area contributed by atoms with Gasteiger partial charge in [0.1, 0.15) is 6.61 Å². The molecule has 0 saturated carbocycles. The summed E-state index contributed by atoms with van der Waals surface area (Å²) in [5.74, 6) is 0.808. The van der Waals surface area contributed by atoms with Gasteiger partial charge in [0.2, 0.25) is 0 Å². The third kappa shape index (κ3) is 3.52. The summed E-state index contributed by atoms with van der Waals surface area (Å²) >= 11 is 1.83. The highest BCUT2D eigenvalue weighted by Gasteiger charge is 2.20. The average Bonchev–Trinajstić information content (AvgIpc) is 2.90. The van der Waals surface area contributed by atoms with Gasteiger partial charge >= 0.3 is 0 Å². The molecule has 3 heterocycles. The minimum absolute atomic E-state index is 0.199. The number of nitrogens with zero attached hydrogens (tertiary/aromatic N) is 2. The maximum Gasteiger partial charge on any atom is 0.165 e. The third-order valence-electron chi connectivity index (χ3n) is 4.36. The molecule has 0 atom stereocenters. The van der Waals surface area contributed by atoms with Gasteiger partial charge in [-0.15, -0.1) is 11.3 Å². The van der Waals surface area contributed by atoms with Gasteiger partial charge in [-0.2, -0.15) is 0 Å². The molecule has 0 bridgehead atoms. The maximum atomic E-state index is 10.4. The molecule has 0 spiro atoms. The van der Waals surface area contributed by atoms with Crippen LogP contribution in [0.25, 0.3) is 11.1 Å². The Morgan fingerprint density at radius 2 is 2.16 bits per heavy atom. The van der Waals surface area contributed by atoms with Crippen molar-refractivity contribution in [2.75, 3.05) is 13.2 Å². The van der Waals surface area contributed by atoms with E-state index in [4.69, 9.17) is 4.74 Å². The number of pyridine rings is 1. The number of thiophene rings is 1. The molecular formula is C20H20N2O2S. The van der Waals surface area contributed by atoms with E-state index in [1.54, 1.807) is 12.3 Å². The molecule has 0 unspecified atom stereocenters. The third-order valence-corrected chi connectivity index (χ3v) is 5.35. The summed E-state index contributed by atoms with van der Waals surface area (Å²) in [6, 6.07) is 12.1. The van der Waals surface area contributed by atoms with Gasteiger partial charge in [0.15, 0.2) is 11.5 Å². The zero-order valence-electron chi connectivity index (χ0n) is 14.1. The summed E-state index contributed by atoms with van der Waals surface area (Å²) in [7, 11) is 0. The van der Waals surface area contributed by atoms with Crippen LogP contribution in [0, 0.1) is 6.92 Å². The number of rotatable bonds is 3. The highest BCUT2D eigenvalue weighted by Crippen LogP contribution is 2.37. The SMILES string of the molecule is Cc1ccc(CN2CCOc3c(O)cc(-c4cccnc4)cc3C2)s1. The Hall–Kier alpha value is -2.37. The predicted octanol–water partition coefficient (Wildman–Crippen LogP) is 4.22. The number of phenolic OH excluding ortho intramolecular Hbond substituents is 1. The van der Waals surface area contributed by atoms with Gasteiger partial charge in [0.25, 0.3) is 0 Å². The van der Waals surface area contributed by atoms with E-state index in [1.807, 2.05) is 29.7 Å².